The first kappa shape index (κ1) is 18.1. The van der Waals surface area contributed by atoms with Crippen LogP contribution in [0.1, 0.15) is 27.3 Å². The second kappa shape index (κ2) is 6.74. The molecule has 1 aliphatic rings. The normalized spacial score (nSPS) is 13.9. The zero-order valence-corrected chi connectivity index (χ0v) is 14.4. The molecule has 0 aliphatic carbocycles. The fourth-order valence-corrected chi connectivity index (χ4v) is 3.24. The highest BCUT2D eigenvalue weighted by molar-refractivity contribution is 5.94. The summed E-state index contributed by atoms with van der Waals surface area (Å²) in [4.78, 5) is 20.4. The lowest BCUT2D eigenvalue weighted by molar-refractivity contribution is -0.137. The van der Waals surface area contributed by atoms with Crippen LogP contribution < -0.4 is 5.32 Å². The van der Waals surface area contributed by atoms with E-state index in [-0.39, 0.29) is 17.9 Å². The van der Waals surface area contributed by atoms with Gasteiger partial charge in [-0.15, -0.1) is 0 Å². The third kappa shape index (κ3) is 3.47. The molecule has 0 atom stereocenters. The summed E-state index contributed by atoms with van der Waals surface area (Å²) in [6.45, 7) is 1.07. The molecule has 0 unspecified atom stereocenters. The van der Waals surface area contributed by atoms with E-state index in [2.05, 4.69) is 15.3 Å². The van der Waals surface area contributed by atoms with Crippen molar-refractivity contribution in [3.05, 3.63) is 71.1 Å². The van der Waals surface area contributed by atoms with Crippen molar-refractivity contribution >= 4 is 5.91 Å². The molecular weight excluding hydrogens is 376 g/mol. The van der Waals surface area contributed by atoms with Gasteiger partial charge in [-0.1, -0.05) is 0 Å². The number of hydrogen-bond donors (Lipinski definition) is 1. The fraction of sp³-hybridized carbons (Fsp3) is 0.211. The molecule has 3 aromatic rings. The van der Waals surface area contributed by atoms with Gasteiger partial charge in [0.1, 0.15) is 17.2 Å². The van der Waals surface area contributed by atoms with Crippen LogP contribution in [0.2, 0.25) is 0 Å². The minimum Gasteiger partial charge on any atom is -0.349 e. The molecule has 1 aliphatic heterocycles. The number of amides is 1. The first-order valence-corrected chi connectivity index (χ1v) is 8.47. The van der Waals surface area contributed by atoms with Crippen LogP contribution in [0.25, 0.3) is 11.4 Å². The number of nitrogens with one attached hydrogen (secondary N) is 1. The van der Waals surface area contributed by atoms with Crippen LogP contribution >= 0.6 is 0 Å². The molecule has 1 aromatic carbocycles. The highest BCUT2D eigenvalue weighted by atomic mass is 19.4. The number of aromatic nitrogens is 3. The van der Waals surface area contributed by atoms with E-state index in [4.69, 9.17) is 0 Å². The predicted octanol–water partition coefficient (Wildman–Crippen LogP) is 3.44. The van der Waals surface area contributed by atoms with E-state index < -0.39 is 17.6 Å². The lowest BCUT2D eigenvalue weighted by atomic mass is 10.1. The maximum absolute atomic E-state index is 13.6. The molecule has 9 heteroatoms. The van der Waals surface area contributed by atoms with Crippen molar-refractivity contribution in [1.82, 2.24) is 19.9 Å². The maximum Gasteiger partial charge on any atom is 0.416 e. The highest BCUT2D eigenvalue weighted by Crippen LogP contribution is 2.31. The number of halogens is 4. The molecule has 0 radical (unpaired) electrons. The van der Waals surface area contributed by atoms with Gasteiger partial charge in [0.15, 0.2) is 0 Å². The zero-order valence-electron chi connectivity index (χ0n) is 14.4. The molecule has 0 saturated heterocycles. The first-order chi connectivity index (χ1) is 13.3. The zero-order chi connectivity index (χ0) is 19.9. The van der Waals surface area contributed by atoms with Gasteiger partial charge >= 0.3 is 6.18 Å². The van der Waals surface area contributed by atoms with E-state index >= 15 is 0 Å². The van der Waals surface area contributed by atoms with Gasteiger partial charge in [0, 0.05) is 25.7 Å². The summed E-state index contributed by atoms with van der Waals surface area (Å²) < 4.78 is 54.1. The number of carbonyl (C=O) groups excluding carboxylic acids is 1. The Hall–Kier alpha value is -3.23. The number of rotatable bonds is 3. The second-order valence-corrected chi connectivity index (χ2v) is 6.43. The predicted molar refractivity (Wildman–Crippen MR) is 92.0 cm³/mol. The molecule has 144 valence electrons. The number of carbonyl (C=O) groups is 1. The Kier molecular flexibility index (Phi) is 4.37. The highest BCUT2D eigenvalue weighted by Gasteiger charge is 2.31. The average molecular weight is 390 g/mol. The molecule has 0 spiro atoms. The van der Waals surface area contributed by atoms with Crippen LogP contribution in [0.4, 0.5) is 17.6 Å². The molecule has 0 fully saturated rings. The summed E-state index contributed by atoms with van der Waals surface area (Å²) >= 11 is 0. The van der Waals surface area contributed by atoms with Crippen molar-refractivity contribution in [2.45, 2.75) is 19.1 Å². The largest absolute Gasteiger partial charge is 0.416 e. The summed E-state index contributed by atoms with van der Waals surface area (Å²) in [5.74, 6) is -1.14. The van der Waals surface area contributed by atoms with Crippen LogP contribution in [-0.2, 0) is 19.1 Å². The van der Waals surface area contributed by atoms with Crippen molar-refractivity contribution in [2.24, 2.45) is 0 Å². The topological polar surface area (TPSA) is 59.8 Å². The first-order valence-electron chi connectivity index (χ1n) is 8.47. The molecule has 1 N–H and O–H groups in total. The van der Waals surface area contributed by atoms with Gasteiger partial charge in [0.05, 0.1) is 23.1 Å². The number of alkyl halides is 3. The van der Waals surface area contributed by atoms with E-state index in [0.717, 1.165) is 12.1 Å². The standard InChI is InChI=1S/C19H14F4N4O/c20-13-6-11(5-12(8-13)19(21,22)23)7-14-9-24-10-15(26-14)16-1-2-17-18(28)25-3-4-27(16)17/h1-2,5-6,8-10H,3-4,7H2,(H,25,28). The maximum atomic E-state index is 13.6. The lowest BCUT2D eigenvalue weighted by Crippen LogP contribution is -2.35. The molecule has 1 amide bonds. The average Bonchev–Trinajstić information content (AvgIpc) is 3.06. The van der Waals surface area contributed by atoms with Crippen LogP contribution in [0.15, 0.2) is 42.7 Å². The van der Waals surface area contributed by atoms with E-state index in [1.54, 1.807) is 12.1 Å². The van der Waals surface area contributed by atoms with Crippen molar-refractivity contribution in [3.8, 4) is 11.4 Å². The Morgan fingerprint density at radius 3 is 2.68 bits per heavy atom. The van der Waals surface area contributed by atoms with Crippen LogP contribution in [0.5, 0.6) is 0 Å². The summed E-state index contributed by atoms with van der Waals surface area (Å²) in [6.07, 6.45) is -1.69. The fourth-order valence-electron chi connectivity index (χ4n) is 3.24. The van der Waals surface area contributed by atoms with Crippen molar-refractivity contribution in [1.29, 1.82) is 0 Å². The van der Waals surface area contributed by atoms with Crippen molar-refractivity contribution in [3.63, 3.8) is 0 Å². The Labute approximate surface area is 157 Å². The SMILES string of the molecule is O=C1NCCn2c1ccc2-c1cncc(Cc2cc(F)cc(C(F)(F)F)c2)n1. The molecule has 28 heavy (non-hydrogen) atoms. The smallest absolute Gasteiger partial charge is 0.349 e. The van der Waals surface area contributed by atoms with Crippen LogP contribution in [-0.4, -0.2) is 27.0 Å². The van der Waals surface area contributed by atoms with E-state index in [0.29, 0.717) is 41.9 Å². The summed E-state index contributed by atoms with van der Waals surface area (Å²) in [6, 6.07) is 5.84. The van der Waals surface area contributed by atoms with Crippen LogP contribution in [0, 0.1) is 5.82 Å². The Morgan fingerprint density at radius 1 is 1.11 bits per heavy atom. The van der Waals surface area contributed by atoms with Crippen molar-refractivity contribution < 1.29 is 22.4 Å². The van der Waals surface area contributed by atoms with Crippen LogP contribution in [0.3, 0.4) is 0 Å². The summed E-state index contributed by atoms with van der Waals surface area (Å²) in [7, 11) is 0. The van der Waals surface area contributed by atoms with E-state index in [1.807, 2.05) is 4.57 Å². The molecule has 2 aromatic heterocycles. The third-order valence-electron chi connectivity index (χ3n) is 4.45. The van der Waals surface area contributed by atoms with Gasteiger partial charge in [-0.2, -0.15) is 13.2 Å². The molecule has 4 rings (SSSR count). The molecule has 3 heterocycles. The van der Waals surface area contributed by atoms with Gasteiger partial charge in [0.2, 0.25) is 0 Å². The second-order valence-electron chi connectivity index (χ2n) is 6.43. The lowest BCUT2D eigenvalue weighted by Gasteiger charge is -2.18. The van der Waals surface area contributed by atoms with Gasteiger partial charge < -0.3 is 9.88 Å². The molecule has 0 saturated carbocycles. The Bertz CT molecular complexity index is 1060. The van der Waals surface area contributed by atoms with Gasteiger partial charge in [0.25, 0.3) is 5.91 Å². The number of fused-ring (bicyclic) bond motifs is 1. The molecule has 5 nitrogen and oxygen atoms in total. The quantitative estimate of drug-likeness (QED) is 0.697. The van der Waals surface area contributed by atoms with Gasteiger partial charge in [-0.25, -0.2) is 9.37 Å². The monoisotopic (exact) mass is 390 g/mol. The number of benzene rings is 1. The number of nitrogens with zero attached hydrogens (tertiary/aromatic N) is 3. The van der Waals surface area contributed by atoms with Gasteiger partial charge in [-0.3, -0.25) is 9.78 Å². The Morgan fingerprint density at radius 2 is 1.89 bits per heavy atom. The third-order valence-corrected chi connectivity index (χ3v) is 4.45. The van der Waals surface area contributed by atoms with E-state index in [1.165, 1.54) is 12.4 Å². The number of hydrogen-bond acceptors (Lipinski definition) is 3. The molecular formula is C19H14F4N4O. The summed E-state index contributed by atoms with van der Waals surface area (Å²) in [5, 5.41) is 2.75. The minimum atomic E-state index is -4.63. The van der Waals surface area contributed by atoms with E-state index in [9.17, 15) is 22.4 Å². The molecule has 0 bridgehead atoms. The minimum absolute atomic E-state index is 0.00423. The van der Waals surface area contributed by atoms with Gasteiger partial charge in [-0.05, 0) is 35.9 Å². The van der Waals surface area contributed by atoms with Crippen molar-refractivity contribution in [2.75, 3.05) is 6.54 Å². The Balaban J connectivity index is 1.66. The summed E-state index contributed by atoms with van der Waals surface area (Å²) in [5.41, 5.74) is 1.19.